The molecule has 0 aromatic heterocycles. The summed E-state index contributed by atoms with van der Waals surface area (Å²) >= 11 is 0. The number of aliphatic hydroxyl groups excluding tert-OH is 1. The van der Waals surface area contributed by atoms with Crippen LogP contribution in [0.3, 0.4) is 0 Å². The molecule has 2 saturated carbocycles. The first-order valence-corrected chi connectivity index (χ1v) is 7.21. The zero-order chi connectivity index (χ0) is 12.3. The van der Waals surface area contributed by atoms with E-state index in [4.69, 9.17) is 10.5 Å². The Bertz CT molecular complexity index is 242. The molecule has 0 amide bonds. The minimum Gasteiger partial charge on any atom is -0.394 e. The van der Waals surface area contributed by atoms with Gasteiger partial charge in [0.15, 0.2) is 0 Å². The van der Waals surface area contributed by atoms with Crippen molar-refractivity contribution >= 4 is 0 Å². The van der Waals surface area contributed by atoms with Crippen molar-refractivity contribution in [2.24, 2.45) is 17.6 Å². The van der Waals surface area contributed by atoms with Gasteiger partial charge in [0.05, 0.1) is 24.9 Å². The molecule has 2 fully saturated rings. The summed E-state index contributed by atoms with van der Waals surface area (Å²) in [5.74, 6) is 1.18. The van der Waals surface area contributed by atoms with E-state index >= 15 is 0 Å². The van der Waals surface area contributed by atoms with Gasteiger partial charge in [-0.3, -0.25) is 0 Å². The first kappa shape index (κ1) is 13.3. The van der Waals surface area contributed by atoms with E-state index < -0.39 is 5.54 Å². The van der Waals surface area contributed by atoms with Crippen molar-refractivity contribution in [1.29, 1.82) is 0 Å². The van der Waals surface area contributed by atoms with Crippen LogP contribution in [0, 0.1) is 11.8 Å². The molecule has 0 saturated heterocycles. The quantitative estimate of drug-likeness (QED) is 0.748. The minimum absolute atomic E-state index is 0.0567. The average molecular weight is 241 g/mol. The Kier molecular flexibility index (Phi) is 4.45. The fraction of sp³-hybridized carbons (Fsp3) is 1.00. The molecule has 3 nitrogen and oxygen atoms in total. The highest BCUT2D eigenvalue weighted by molar-refractivity contribution is 4.98. The summed E-state index contributed by atoms with van der Waals surface area (Å²) in [4.78, 5) is 0. The van der Waals surface area contributed by atoms with Crippen molar-refractivity contribution in [3.63, 3.8) is 0 Å². The van der Waals surface area contributed by atoms with Crippen LogP contribution in [0.25, 0.3) is 0 Å². The standard InChI is InChI=1S/C14H27NO2/c1-2-11-5-3-4-6-13(11)17-10-14(15,9-16)12-7-8-12/h11-13,16H,2-10,15H2,1H3. The maximum absolute atomic E-state index is 9.44. The van der Waals surface area contributed by atoms with Gasteiger partial charge in [-0.15, -0.1) is 0 Å². The molecule has 0 bridgehead atoms. The number of nitrogens with two attached hydrogens (primary N) is 1. The van der Waals surface area contributed by atoms with Gasteiger partial charge >= 0.3 is 0 Å². The highest BCUT2D eigenvalue weighted by Gasteiger charge is 2.42. The predicted octanol–water partition coefficient (Wildman–Crippen LogP) is 2.07. The molecule has 0 radical (unpaired) electrons. The van der Waals surface area contributed by atoms with Crippen molar-refractivity contribution in [2.45, 2.75) is 63.5 Å². The van der Waals surface area contributed by atoms with Crippen LogP contribution < -0.4 is 5.73 Å². The summed E-state index contributed by atoms with van der Waals surface area (Å²) in [6, 6.07) is 0. The topological polar surface area (TPSA) is 55.5 Å². The number of rotatable bonds is 6. The molecule has 0 aromatic rings. The smallest absolute Gasteiger partial charge is 0.0675 e. The average Bonchev–Trinajstić information content (AvgIpc) is 3.21. The first-order valence-electron chi connectivity index (χ1n) is 7.21. The molecule has 100 valence electrons. The van der Waals surface area contributed by atoms with Crippen molar-refractivity contribution in [3.8, 4) is 0 Å². The summed E-state index contributed by atoms with van der Waals surface area (Å²) in [5, 5.41) is 9.44. The molecular weight excluding hydrogens is 214 g/mol. The molecule has 0 spiro atoms. The minimum atomic E-state index is -0.476. The number of ether oxygens (including phenoxy) is 1. The molecule has 2 aliphatic rings. The van der Waals surface area contributed by atoms with Gasteiger partial charge in [0, 0.05) is 0 Å². The van der Waals surface area contributed by atoms with Gasteiger partial charge in [0.25, 0.3) is 0 Å². The van der Waals surface area contributed by atoms with Crippen LogP contribution in [-0.4, -0.2) is 30.0 Å². The van der Waals surface area contributed by atoms with Crippen LogP contribution in [0.15, 0.2) is 0 Å². The van der Waals surface area contributed by atoms with Gasteiger partial charge in [0.1, 0.15) is 0 Å². The van der Waals surface area contributed by atoms with Crippen LogP contribution in [-0.2, 0) is 4.74 Å². The third-order valence-electron chi connectivity index (χ3n) is 4.61. The van der Waals surface area contributed by atoms with Crippen molar-refractivity contribution in [3.05, 3.63) is 0 Å². The predicted molar refractivity (Wildman–Crippen MR) is 68.7 cm³/mol. The zero-order valence-electron chi connectivity index (χ0n) is 11.0. The van der Waals surface area contributed by atoms with Gasteiger partial charge in [-0.25, -0.2) is 0 Å². The Hall–Kier alpha value is -0.120. The van der Waals surface area contributed by atoms with Gasteiger partial charge < -0.3 is 15.6 Å². The fourth-order valence-electron chi connectivity index (χ4n) is 3.07. The summed E-state index contributed by atoms with van der Waals surface area (Å²) < 4.78 is 6.06. The normalized spacial score (nSPS) is 33.4. The molecule has 3 unspecified atom stereocenters. The van der Waals surface area contributed by atoms with E-state index in [2.05, 4.69) is 6.92 Å². The summed E-state index contributed by atoms with van der Waals surface area (Å²) in [6.45, 7) is 2.84. The monoisotopic (exact) mass is 241 g/mol. The lowest BCUT2D eigenvalue weighted by atomic mass is 9.84. The molecule has 2 aliphatic carbocycles. The highest BCUT2D eigenvalue weighted by Crippen LogP contribution is 2.39. The van der Waals surface area contributed by atoms with Gasteiger partial charge in [-0.2, -0.15) is 0 Å². The molecule has 0 aliphatic heterocycles. The number of aliphatic hydroxyl groups is 1. The lowest BCUT2D eigenvalue weighted by Crippen LogP contribution is -2.51. The second-order valence-electron chi connectivity index (χ2n) is 5.97. The van der Waals surface area contributed by atoms with Crippen LogP contribution in [0.1, 0.15) is 51.9 Å². The number of hydrogen-bond donors (Lipinski definition) is 2. The Morgan fingerprint density at radius 3 is 2.53 bits per heavy atom. The Morgan fingerprint density at radius 2 is 1.94 bits per heavy atom. The van der Waals surface area contributed by atoms with Crippen LogP contribution in [0.4, 0.5) is 0 Å². The van der Waals surface area contributed by atoms with E-state index in [-0.39, 0.29) is 6.61 Å². The van der Waals surface area contributed by atoms with E-state index in [1.807, 2.05) is 0 Å². The van der Waals surface area contributed by atoms with Crippen LogP contribution in [0.5, 0.6) is 0 Å². The van der Waals surface area contributed by atoms with E-state index in [1.165, 1.54) is 32.1 Å². The van der Waals surface area contributed by atoms with Crippen molar-refractivity contribution < 1.29 is 9.84 Å². The molecule has 0 aromatic carbocycles. The second kappa shape index (κ2) is 5.68. The van der Waals surface area contributed by atoms with Crippen LogP contribution in [0.2, 0.25) is 0 Å². The molecule has 17 heavy (non-hydrogen) atoms. The van der Waals surface area contributed by atoms with E-state index in [0.29, 0.717) is 24.5 Å². The molecular formula is C14H27NO2. The molecule has 2 rings (SSSR count). The summed E-state index contributed by atoms with van der Waals surface area (Å²) in [5.41, 5.74) is 5.76. The number of hydrogen-bond acceptors (Lipinski definition) is 3. The Labute approximate surface area is 105 Å². The van der Waals surface area contributed by atoms with Crippen LogP contribution >= 0.6 is 0 Å². The van der Waals surface area contributed by atoms with Crippen molar-refractivity contribution in [1.82, 2.24) is 0 Å². The summed E-state index contributed by atoms with van der Waals surface area (Å²) in [7, 11) is 0. The van der Waals surface area contributed by atoms with Gasteiger partial charge in [-0.1, -0.05) is 26.2 Å². The maximum atomic E-state index is 9.44. The third kappa shape index (κ3) is 3.21. The molecule has 0 heterocycles. The Morgan fingerprint density at radius 1 is 1.24 bits per heavy atom. The lowest BCUT2D eigenvalue weighted by Gasteiger charge is -2.35. The summed E-state index contributed by atoms with van der Waals surface area (Å²) in [6.07, 6.45) is 8.97. The second-order valence-corrected chi connectivity index (χ2v) is 5.97. The first-order chi connectivity index (χ1) is 8.19. The Balaban J connectivity index is 1.82. The maximum Gasteiger partial charge on any atom is 0.0675 e. The van der Waals surface area contributed by atoms with Gasteiger partial charge in [0.2, 0.25) is 0 Å². The van der Waals surface area contributed by atoms with Gasteiger partial charge in [-0.05, 0) is 37.5 Å². The molecule has 3 N–H and O–H groups in total. The SMILES string of the molecule is CCC1CCCCC1OCC(N)(CO)C1CC1. The lowest BCUT2D eigenvalue weighted by molar-refractivity contribution is -0.0473. The highest BCUT2D eigenvalue weighted by atomic mass is 16.5. The van der Waals surface area contributed by atoms with E-state index in [9.17, 15) is 5.11 Å². The van der Waals surface area contributed by atoms with E-state index in [1.54, 1.807) is 0 Å². The third-order valence-corrected chi connectivity index (χ3v) is 4.61. The fourth-order valence-corrected chi connectivity index (χ4v) is 3.07. The van der Waals surface area contributed by atoms with Crippen molar-refractivity contribution in [2.75, 3.05) is 13.2 Å². The molecule has 3 heteroatoms. The largest absolute Gasteiger partial charge is 0.394 e. The van der Waals surface area contributed by atoms with E-state index in [0.717, 1.165) is 12.8 Å². The molecule has 3 atom stereocenters. The zero-order valence-corrected chi connectivity index (χ0v) is 11.0.